The zero-order valence-electron chi connectivity index (χ0n) is 10.4. The zero-order valence-corrected chi connectivity index (χ0v) is 10.4. The molecule has 98 valence electrons. The van der Waals surface area contributed by atoms with Crippen LogP contribution in [-0.4, -0.2) is 54.2 Å². The van der Waals surface area contributed by atoms with Gasteiger partial charge in [0.15, 0.2) is 0 Å². The van der Waals surface area contributed by atoms with E-state index in [4.69, 9.17) is 9.84 Å². The molecule has 2 aliphatic rings. The van der Waals surface area contributed by atoms with Crippen molar-refractivity contribution in [3.63, 3.8) is 0 Å². The van der Waals surface area contributed by atoms with Gasteiger partial charge < -0.3 is 14.7 Å². The van der Waals surface area contributed by atoms with E-state index in [-0.39, 0.29) is 6.61 Å². The number of carbonyl (C=O) groups excluding carboxylic acids is 1. The maximum atomic E-state index is 11.2. The number of aliphatic hydroxyl groups is 1. The summed E-state index contributed by atoms with van der Waals surface area (Å²) in [6.07, 6.45) is 6.07. The molecule has 1 saturated carbocycles. The van der Waals surface area contributed by atoms with Crippen LogP contribution in [0.15, 0.2) is 0 Å². The molecule has 0 aromatic heterocycles. The van der Waals surface area contributed by atoms with E-state index in [1.54, 1.807) is 0 Å². The number of ether oxygens (including phenoxy) is 1. The highest BCUT2D eigenvalue weighted by molar-refractivity contribution is 5.79. The van der Waals surface area contributed by atoms with Gasteiger partial charge in [0.1, 0.15) is 5.78 Å². The minimum atomic E-state index is 0.116. The lowest BCUT2D eigenvalue weighted by molar-refractivity contribution is -0.121. The van der Waals surface area contributed by atoms with Crippen LogP contribution in [-0.2, 0) is 9.53 Å². The molecule has 0 amide bonds. The Morgan fingerprint density at radius 3 is 2.41 bits per heavy atom. The highest BCUT2D eigenvalue weighted by atomic mass is 16.5. The highest BCUT2D eigenvalue weighted by Crippen LogP contribution is 2.24. The van der Waals surface area contributed by atoms with Gasteiger partial charge in [0, 0.05) is 32.0 Å². The molecule has 0 radical (unpaired) electrons. The lowest BCUT2D eigenvalue weighted by atomic mass is 9.91. The summed E-state index contributed by atoms with van der Waals surface area (Å²) in [7, 11) is 0. The summed E-state index contributed by atoms with van der Waals surface area (Å²) < 4.78 is 5.55. The van der Waals surface area contributed by atoms with E-state index < -0.39 is 0 Å². The third-order valence-corrected chi connectivity index (χ3v) is 3.95. The summed E-state index contributed by atoms with van der Waals surface area (Å²) >= 11 is 0. The second-order valence-electron chi connectivity index (χ2n) is 5.10. The Balaban J connectivity index is 1.69. The average molecular weight is 241 g/mol. The number of likely N-dealkylation sites (tertiary alicyclic amines) is 1. The lowest BCUT2D eigenvalue weighted by Crippen LogP contribution is -2.45. The van der Waals surface area contributed by atoms with Crippen molar-refractivity contribution in [3.8, 4) is 0 Å². The van der Waals surface area contributed by atoms with E-state index in [2.05, 4.69) is 4.90 Å². The van der Waals surface area contributed by atoms with Crippen LogP contribution < -0.4 is 0 Å². The molecule has 0 aromatic rings. The number of nitrogens with zero attached hydrogens (tertiary/aromatic N) is 1. The fourth-order valence-corrected chi connectivity index (χ4v) is 2.92. The summed E-state index contributed by atoms with van der Waals surface area (Å²) in [5, 5.41) is 8.71. The molecule has 2 fully saturated rings. The summed E-state index contributed by atoms with van der Waals surface area (Å²) in [6, 6.07) is 0.617. The van der Waals surface area contributed by atoms with Gasteiger partial charge in [0.25, 0.3) is 0 Å². The quantitative estimate of drug-likeness (QED) is 0.797. The Morgan fingerprint density at radius 1 is 1.18 bits per heavy atom. The summed E-state index contributed by atoms with van der Waals surface area (Å²) in [5.74, 6) is 0.433. The van der Waals surface area contributed by atoms with Crippen LogP contribution in [0.4, 0.5) is 0 Å². The van der Waals surface area contributed by atoms with E-state index >= 15 is 0 Å². The average Bonchev–Trinajstić information content (AvgIpc) is 2.38. The van der Waals surface area contributed by atoms with Crippen molar-refractivity contribution in [2.75, 3.05) is 26.3 Å². The maximum absolute atomic E-state index is 11.2. The van der Waals surface area contributed by atoms with Gasteiger partial charge in [-0.15, -0.1) is 0 Å². The molecule has 2 rings (SSSR count). The number of hydrogen-bond donors (Lipinski definition) is 1. The normalized spacial score (nSPS) is 25.4. The molecule has 1 aliphatic carbocycles. The van der Waals surface area contributed by atoms with Crippen molar-refractivity contribution < 1.29 is 14.6 Å². The number of rotatable bonds is 4. The molecule has 4 heteroatoms. The van der Waals surface area contributed by atoms with Crippen LogP contribution in [0.25, 0.3) is 0 Å². The van der Waals surface area contributed by atoms with Gasteiger partial charge in [-0.25, -0.2) is 0 Å². The Bertz CT molecular complexity index is 239. The Morgan fingerprint density at radius 2 is 1.82 bits per heavy atom. The molecule has 1 heterocycles. The lowest BCUT2D eigenvalue weighted by Gasteiger charge is -2.38. The monoisotopic (exact) mass is 241 g/mol. The number of ketones is 1. The smallest absolute Gasteiger partial charge is 0.133 e. The third kappa shape index (κ3) is 3.76. The summed E-state index contributed by atoms with van der Waals surface area (Å²) in [5.41, 5.74) is 0. The molecular weight excluding hydrogens is 218 g/mol. The van der Waals surface area contributed by atoms with Crippen LogP contribution in [0.3, 0.4) is 0 Å². The molecule has 0 aromatic carbocycles. The highest BCUT2D eigenvalue weighted by Gasteiger charge is 2.28. The van der Waals surface area contributed by atoms with Gasteiger partial charge in [-0.3, -0.25) is 4.79 Å². The SMILES string of the molecule is O=C1CCC(N2CCC(OCCO)CC2)CC1. The van der Waals surface area contributed by atoms with E-state index in [1.165, 1.54) is 0 Å². The van der Waals surface area contributed by atoms with Crippen molar-refractivity contribution in [2.24, 2.45) is 0 Å². The van der Waals surface area contributed by atoms with Crippen LogP contribution in [0.1, 0.15) is 38.5 Å². The molecule has 1 N–H and O–H groups in total. The molecule has 0 bridgehead atoms. The van der Waals surface area contributed by atoms with Crippen LogP contribution >= 0.6 is 0 Å². The van der Waals surface area contributed by atoms with Crippen molar-refractivity contribution >= 4 is 5.78 Å². The molecular formula is C13H23NO3. The molecule has 17 heavy (non-hydrogen) atoms. The molecule has 1 aliphatic heterocycles. The van der Waals surface area contributed by atoms with Crippen molar-refractivity contribution in [2.45, 2.75) is 50.7 Å². The van der Waals surface area contributed by atoms with Crippen molar-refractivity contribution in [3.05, 3.63) is 0 Å². The van der Waals surface area contributed by atoms with Gasteiger partial charge >= 0.3 is 0 Å². The second kappa shape index (κ2) is 6.47. The van der Waals surface area contributed by atoms with Gasteiger partial charge in [-0.2, -0.15) is 0 Å². The second-order valence-corrected chi connectivity index (χ2v) is 5.10. The van der Waals surface area contributed by atoms with Gasteiger partial charge in [-0.05, 0) is 25.7 Å². The predicted molar refractivity (Wildman–Crippen MR) is 64.9 cm³/mol. The number of carbonyl (C=O) groups is 1. The van der Waals surface area contributed by atoms with Crippen LogP contribution in [0.2, 0.25) is 0 Å². The summed E-state index contributed by atoms with van der Waals surface area (Å²) in [4.78, 5) is 13.7. The first-order valence-corrected chi connectivity index (χ1v) is 6.78. The minimum absolute atomic E-state index is 0.116. The first-order valence-electron chi connectivity index (χ1n) is 6.78. The van der Waals surface area contributed by atoms with Crippen molar-refractivity contribution in [1.29, 1.82) is 0 Å². The van der Waals surface area contributed by atoms with E-state index in [0.717, 1.165) is 51.6 Å². The van der Waals surface area contributed by atoms with E-state index in [1.807, 2.05) is 0 Å². The maximum Gasteiger partial charge on any atom is 0.133 e. The zero-order chi connectivity index (χ0) is 12.1. The molecule has 0 atom stereocenters. The predicted octanol–water partition coefficient (Wildman–Crippen LogP) is 0.971. The molecule has 0 spiro atoms. The largest absolute Gasteiger partial charge is 0.394 e. The van der Waals surface area contributed by atoms with Crippen LogP contribution in [0.5, 0.6) is 0 Å². The Kier molecular flexibility index (Phi) is 4.95. The first kappa shape index (κ1) is 13.0. The number of piperidine rings is 1. The summed E-state index contributed by atoms with van der Waals surface area (Å²) in [6.45, 7) is 2.73. The van der Waals surface area contributed by atoms with Gasteiger partial charge in [-0.1, -0.05) is 0 Å². The molecule has 4 nitrogen and oxygen atoms in total. The Labute approximate surface area is 103 Å². The Hall–Kier alpha value is -0.450. The minimum Gasteiger partial charge on any atom is -0.394 e. The molecule has 0 unspecified atom stereocenters. The number of Topliss-reactive ketones (excluding diaryl/α,β-unsaturated/α-hetero) is 1. The number of aliphatic hydroxyl groups excluding tert-OH is 1. The van der Waals surface area contributed by atoms with Gasteiger partial charge in [0.2, 0.25) is 0 Å². The fourth-order valence-electron chi connectivity index (χ4n) is 2.92. The van der Waals surface area contributed by atoms with Crippen LogP contribution in [0, 0.1) is 0 Å². The first-order chi connectivity index (χ1) is 8.29. The van der Waals surface area contributed by atoms with Gasteiger partial charge in [0.05, 0.1) is 19.3 Å². The molecule has 1 saturated heterocycles. The van der Waals surface area contributed by atoms with E-state index in [9.17, 15) is 4.79 Å². The topological polar surface area (TPSA) is 49.8 Å². The fraction of sp³-hybridized carbons (Fsp3) is 0.923. The van der Waals surface area contributed by atoms with Crippen molar-refractivity contribution in [1.82, 2.24) is 4.90 Å². The third-order valence-electron chi connectivity index (χ3n) is 3.95. The van der Waals surface area contributed by atoms with E-state index in [0.29, 0.717) is 24.5 Å². The number of hydrogen-bond acceptors (Lipinski definition) is 4. The standard InChI is InChI=1S/C13H23NO3/c15-9-10-17-13-5-7-14(8-6-13)11-1-3-12(16)4-2-11/h11,13,15H,1-10H2.